The highest BCUT2D eigenvalue weighted by Crippen LogP contribution is 2.30. The first-order valence-corrected chi connectivity index (χ1v) is 4.53. The van der Waals surface area contributed by atoms with E-state index < -0.39 is 5.97 Å². The van der Waals surface area contributed by atoms with E-state index in [1.807, 2.05) is 0 Å². The summed E-state index contributed by atoms with van der Waals surface area (Å²) >= 11 is 0. The van der Waals surface area contributed by atoms with Gasteiger partial charge in [-0.3, -0.25) is 4.79 Å². The highest BCUT2D eigenvalue weighted by molar-refractivity contribution is 5.66. The van der Waals surface area contributed by atoms with Crippen LogP contribution < -0.4 is 5.73 Å². The van der Waals surface area contributed by atoms with Crippen LogP contribution in [0.4, 0.5) is 0 Å². The lowest BCUT2D eigenvalue weighted by Gasteiger charge is -2.24. The Morgan fingerprint density at radius 3 is 2.08 bits per heavy atom. The van der Waals surface area contributed by atoms with Crippen LogP contribution in [0.3, 0.4) is 0 Å². The zero-order valence-corrected chi connectivity index (χ0v) is 8.49. The fourth-order valence-corrected chi connectivity index (χ4v) is 1.11. The van der Waals surface area contributed by atoms with E-state index in [1.54, 1.807) is 0 Å². The fourth-order valence-electron chi connectivity index (χ4n) is 1.11. The maximum absolute atomic E-state index is 10.0. The highest BCUT2D eigenvalue weighted by atomic mass is 16.4. The van der Waals surface area contributed by atoms with Crippen molar-refractivity contribution in [1.29, 1.82) is 0 Å². The summed E-state index contributed by atoms with van der Waals surface area (Å²) in [5.74, 6) is 0.0861. The summed E-state index contributed by atoms with van der Waals surface area (Å²) < 4.78 is 0. The Bertz CT molecular complexity index is 113. The van der Waals surface area contributed by atoms with Crippen LogP contribution >= 0.6 is 0 Å². The quantitative estimate of drug-likeness (QED) is 0.617. The molecule has 1 saturated carbocycles. The number of carbonyl (C=O) groups is 1. The molecule has 4 nitrogen and oxygen atoms in total. The van der Waals surface area contributed by atoms with Gasteiger partial charge >= 0.3 is 5.97 Å². The van der Waals surface area contributed by atoms with Crippen molar-refractivity contribution in [1.82, 2.24) is 0 Å². The molecule has 0 amide bonds. The van der Waals surface area contributed by atoms with Gasteiger partial charge in [-0.25, -0.2) is 0 Å². The maximum Gasteiger partial charge on any atom is 0.303 e. The summed E-state index contributed by atoms with van der Waals surface area (Å²) in [5.41, 5.74) is 4.50. The minimum Gasteiger partial charge on any atom is -0.481 e. The average Bonchev–Trinajstić information content (AvgIpc) is 2.08. The second-order valence-electron chi connectivity index (χ2n) is 2.73. The molecular weight excluding hydrogens is 170 g/mol. The van der Waals surface area contributed by atoms with Crippen LogP contribution in [-0.2, 0) is 4.79 Å². The number of carboxylic acid groups (broad SMARTS) is 1. The summed E-state index contributed by atoms with van der Waals surface area (Å²) in [6.45, 7) is 0. The molecule has 1 rings (SSSR count). The summed E-state index contributed by atoms with van der Waals surface area (Å²) in [5, 5.41) is 15.3. The fraction of sp³-hybridized carbons (Fsp3) is 0.889. The number of carboxylic acids is 1. The molecule has 0 radical (unpaired) electrons. The van der Waals surface area contributed by atoms with E-state index in [-0.39, 0.29) is 0 Å². The predicted molar refractivity (Wildman–Crippen MR) is 52.5 cm³/mol. The van der Waals surface area contributed by atoms with Gasteiger partial charge in [-0.05, 0) is 19.4 Å². The molecule has 0 saturated heterocycles. The molecule has 0 bridgehead atoms. The van der Waals surface area contributed by atoms with Crippen molar-refractivity contribution in [2.45, 2.75) is 32.1 Å². The second-order valence-corrected chi connectivity index (χ2v) is 2.73. The number of aliphatic hydroxyl groups is 1. The van der Waals surface area contributed by atoms with Gasteiger partial charge in [-0.15, -0.1) is 0 Å². The standard InChI is InChI=1S/C7H12O2.CH5N.CH4O/c8-7(9)5-4-6-2-1-3-6;2*1-2/h6H,1-5H2,(H,8,9);2H2,1H3;2H,1H3. The van der Waals surface area contributed by atoms with Gasteiger partial charge < -0.3 is 15.9 Å². The molecule has 0 aromatic rings. The van der Waals surface area contributed by atoms with Crippen molar-refractivity contribution < 1.29 is 15.0 Å². The summed E-state index contributed by atoms with van der Waals surface area (Å²) in [6.07, 6.45) is 5.09. The van der Waals surface area contributed by atoms with E-state index >= 15 is 0 Å². The molecule has 1 fully saturated rings. The lowest BCUT2D eigenvalue weighted by atomic mass is 9.82. The minimum absolute atomic E-state index is 0.366. The van der Waals surface area contributed by atoms with E-state index in [9.17, 15) is 4.79 Å². The molecule has 4 heteroatoms. The molecular formula is C9H21NO3. The molecule has 13 heavy (non-hydrogen) atoms. The monoisotopic (exact) mass is 191 g/mol. The Balaban J connectivity index is 0. The summed E-state index contributed by atoms with van der Waals surface area (Å²) in [7, 11) is 2.50. The normalized spacial score (nSPS) is 14.2. The van der Waals surface area contributed by atoms with Crippen LogP contribution in [0.2, 0.25) is 0 Å². The second kappa shape index (κ2) is 11.4. The number of aliphatic hydroxyl groups excluding tert-OH is 1. The first-order chi connectivity index (χ1) is 6.29. The first-order valence-electron chi connectivity index (χ1n) is 4.53. The van der Waals surface area contributed by atoms with Crippen molar-refractivity contribution in [2.24, 2.45) is 11.7 Å². The Morgan fingerprint density at radius 1 is 1.38 bits per heavy atom. The summed E-state index contributed by atoms with van der Waals surface area (Å²) in [4.78, 5) is 10.0. The Hall–Kier alpha value is -0.610. The highest BCUT2D eigenvalue weighted by Gasteiger charge is 2.17. The van der Waals surface area contributed by atoms with Gasteiger partial charge in [0.1, 0.15) is 0 Å². The predicted octanol–water partition coefficient (Wildman–Crippen LogP) is 0.835. The average molecular weight is 191 g/mol. The zero-order chi connectivity index (χ0) is 10.7. The van der Waals surface area contributed by atoms with E-state index in [0.717, 1.165) is 19.4 Å². The number of hydrogen-bond acceptors (Lipinski definition) is 3. The Labute approximate surface area is 79.8 Å². The van der Waals surface area contributed by atoms with Crippen LogP contribution in [0.5, 0.6) is 0 Å². The third kappa shape index (κ3) is 9.30. The van der Waals surface area contributed by atoms with E-state index in [2.05, 4.69) is 5.73 Å². The van der Waals surface area contributed by atoms with Crippen LogP contribution in [0, 0.1) is 5.92 Å². The molecule has 0 spiro atoms. The third-order valence-electron chi connectivity index (χ3n) is 1.99. The van der Waals surface area contributed by atoms with E-state index in [4.69, 9.17) is 10.2 Å². The number of nitrogens with two attached hydrogens (primary N) is 1. The molecule has 0 aromatic carbocycles. The van der Waals surface area contributed by atoms with Crippen LogP contribution in [-0.4, -0.2) is 30.3 Å². The van der Waals surface area contributed by atoms with Crippen LogP contribution in [0.1, 0.15) is 32.1 Å². The van der Waals surface area contributed by atoms with Crippen molar-refractivity contribution in [2.75, 3.05) is 14.2 Å². The molecule has 0 heterocycles. The molecule has 80 valence electrons. The van der Waals surface area contributed by atoms with Gasteiger partial charge in [-0.2, -0.15) is 0 Å². The Kier molecular flexibility index (Phi) is 13.0. The SMILES string of the molecule is CN.CO.O=C(O)CCC1CCC1. The largest absolute Gasteiger partial charge is 0.481 e. The van der Waals surface area contributed by atoms with Gasteiger partial charge in [0, 0.05) is 13.5 Å². The van der Waals surface area contributed by atoms with Crippen LogP contribution in [0.15, 0.2) is 0 Å². The molecule has 0 atom stereocenters. The molecule has 0 aliphatic heterocycles. The molecule has 0 unspecified atom stereocenters. The van der Waals surface area contributed by atoms with Crippen LogP contribution in [0.25, 0.3) is 0 Å². The lowest BCUT2D eigenvalue weighted by molar-refractivity contribution is -0.137. The summed E-state index contributed by atoms with van der Waals surface area (Å²) in [6, 6.07) is 0. The van der Waals surface area contributed by atoms with Crippen molar-refractivity contribution in [3.63, 3.8) is 0 Å². The first kappa shape index (κ1) is 14.9. The third-order valence-corrected chi connectivity index (χ3v) is 1.99. The molecule has 1 aliphatic carbocycles. The maximum atomic E-state index is 10.0. The Morgan fingerprint density at radius 2 is 1.85 bits per heavy atom. The molecule has 0 aromatic heterocycles. The van der Waals surface area contributed by atoms with Gasteiger partial charge in [0.25, 0.3) is 0 Å². The number of hydrogen-bond donors (Lipinski definition) is 3. The van der Waals surface area contributed by atoms with Gasteiger partial charge in [0.15, 0.2) is 0 Å². The van der Waals surface area contributed by atoms with E-state index in [0.29, 0.717) is 6.42 Å². The van der Waals surface area contributed by atoms with Crippen molar-refractivity contribution in [3.8, 4) is 0 Å². The molecule has 1 aliphatic rings. The molecule has 4 N–H and O–H groups in total. The smallest absolute Gasteiger partial charge is 0.303 e. The number of rotatable bonds is 3. The van der Waals surface area contributed by atoms with Gasteiger partial charge in [0.2, 0.25) is 0 Å². The van der Waals surface area contributed by atoms with Gasteiger partial charge in [0.05, 0.1) is 0 Å². The van der Waals surface area contributed by atoms with Crippen molar-refractivity contribution >= 4 is 5.97 Å². The topological polar surface area (TPSA) is 83.5 Å². The van der Waals surface area contributed by atoms with Gasteiger partial charge in [-0.1, -0.05) is 19.3 Å². The zero-order valence-electron chi connectivity index (χ0n) is 8.49. The minimum atomic E-state index is -0.651. The van der Waals surface area contributed by atoms with Crippen molar-refractivity contribution in [3.05, 3.63) is 0 Å². The lowest BCUT2D eigenvalue weighted by Crippen LogP contribution is -2.12. The number of aliphatic carboxylic acids is 1. The van der Waals surface area contributed by atoms with E-state index in [1.165, 1.54) is 26.3 Å².